The van der Waals surface area contributed by atoms with Crippen LogP contribution in [0.5, 0.6) is 0 Å². The summed E-state index contributed by atoms with van der Waals surface area (Å²) in [6.07, 6.45) is 0.852. The molecule has 1 N–H and O–H groups in total. The van der Waals surface area contributed by atoms with Crippen molar-refractivity contribution in [1.82, 2.24) is 9.61 Å². The summed E-state index contributed by atoms with van der Waals surface area (Å²) in [6, 6.07) is 5.85. The summed E-state index contributed by atoms with van der Waals surface area (Å²) in [6.45, 7) is 5.13. The van der Waals surface area contributed by atoms with Crippen LogP contribution in [0.15, 0.2) is 18.2 Å². The summed E-state index contributed by atoms with van der Waals surface area (Å²) in [7, 11) is 0. The molecule has 19 heavy (non-hydrogen) atoms. The van der Waals surface area contributed by atoms with Gasteiger partial charge in [-0.2, -0.15) is 5.10 Å². The van der Waals surface area contributed by atoms with E-state index in [0.29, 0.717) is 13.2 Å². The first-order chi connectivity index (χ1) is 9.18. The number of pyridine rings is 1. The van der Waals surface area contributed by atoms with Gasteiger partial charge in [-0.05, 0) is 31.5 Å². The molecule has 0 aromatic carbocycles. The van der Waals surface area contributed by atoms with Gasteiger partial charge in [0.25, 0.3) is 0 Å². The van der Waals surface area contributed by atoms with Crippen molar-refractivity contribution >= 4 is 5.52 Å². The highest BCUT2D eigenvalue weighted by Gasteiger charge is 2.35. The van der Waals surface area contributed by atoms with Crippen molar-refractivity contribution in [2.75, 3.05) is 13.2 Å². The third-order valence-corrected chi connectivity index (χ3v) is 3.60. The molecular formula is C14H18N2O3. The fourth-order valence-corrected chi connectivity index (χ4v) is 2.52. The molecule has 1 saturated heterocycles. The van der Waals surface area contributed by atoms with E-state index in [1.54, 1.807) is 4.52 Å². The van der Waals surface area contributed by atoms with Crippen LogP contribution < -0.4 is 0 Å². The van der Waals surface area contributed by atoms with Crippen LogP contribution in [-0.4, -0.2) is 27.9 Å². The SMILES string of the molecule is CCc1cc2c(C3(C)OCCO3)ccc(CO)n2n1. The number of aliphatic hydroxyl groups is 1. The number of fused-ring (bicyclic) bond motifs is 1. The van der Waals surface area contributed by atoms with Crippen LogP contribution in [0.3, 0.4) is 0 Å². The van der Waals surface area contributed by atoms with Crippen molar-refractivity contribution in [3.8, 4) is 0 Å². The van der Waals surface area contributed by atoms with Crippen LogP contribution in [0.4, 0.5) is 0 Å². The lowest BCUT2D eigenvalue weighted by atomic mass is 10.1. The Morgan fingerprint density at radius 2 is 2.11 bits per heavy atom. The van der Waals surface area contributed by atoms with Crippen LogP contribution in [0.2, 0.25) is 0 Å². The second-order valence-electron chi connectivity index (χ2n) is 4.83. The van der Waals surface area contributed by atoms with E-state index in [2.05, 4.69) is 12.0 Å². The van der Waals surface area contributed by atoms with Crippen LogP contribution in [0.25, 0.3) is 5.52 Å². The Morgan fingerprint density at radius 3 is 2.74 bits per heavy atom. The molecule has 0 spiro atoms. The number of aliphatic hydroxyl groups excluding tert-OH is 1. The molecule has 5 nitrogen and oxygen atoms in total. The number of aromatic nitrogens is 2. The molecule has 0 bridgehead atoms. The van der Waals surface area contributed by atoms with Crippen molar-refractivity contribution in [3.05, 3.63) is 35.2 Å². The largest absolute Gasteiger partial charge is 0.390 e. The number of ether oxygens (including phenoxy) is 2. The molecule has 0 saturated carbocycles. The van der Waals surface area contributed by atoms with E-state index in [1.165, 1.54) is 0 Å². The first-order valence-corrected chi connectivity index (χ1v) is 6.57. The van der Waals surface area contributed by atoms with E-state index < -0.39 is 5.79 Å². The monoisotopic (exact) mass is 262 g/mol. The highest BCUT2D eigenvalue weighted by Crippen LogP contribution is 2.34. The molecule has 0 radical (unpaired) electrons. The minimum Gasteiger partial charge on any atom is -0.390 e. The zero-order valence-electron chi connectivity index (χ0n) is 11.2. The molecule has 1 aliphatic heterocycles. The highest BCUT2D eigenvalue weighted by molar-refractivity contribution is 5.58. The Hall–Kier alpha value is -1.43. The average Bonchev–Trinajstić information content (AvgIpc) is 3.04. The lowest BCUT2D eigenvalue weighted by molar-refractivity contribution is -0.148. The van der Waals surface area contributed by atoms with E-state index in [9.17, 15) is 5.11 Å². The smallest absolute Gasteiger partial charge is 0.194 e. The van der Waals surface area contributed by atoms with E-state index in [1.807, 2.05) is 25.1 Å². The molecule has 0 atom stereocenters. The number of nitrogens with zero attached hydrogens (tertiary/aromatic N) is 2. The molecule has 2 aromatic heterocycles. The Bertz CT molecular complexity index is 600. The molecule has 5 heteroatoms. The Morgan fingerprint density at radius 1 is 1.37 bits per heavy atom. The average molecular weight is 262 g/mol. The predicted molar refractivity (Wildman–Crippen MR) is 69.7 cm³/mol. The van der Waals surface area contributed by atoms with Crippen LogP contribution in [-0.2, 0) is 28.3 Å². The van der Waals surface area contributed by atoms with E-state index in [-0.39, 0.29) is 6.61 Å². The van der Waals surface area contributed by atoms with Gasteiger partial charge in [-0.15, -0.1) is 0 Å². The molecule has 0 amide bonds. The molecule has 3 rings (SSSR count). The number of hydrogen-bond donors (Lipinski definition) is 1. The third kappa shape index (κ3) is 1.94. The summed E-state index contributed by atoms with van der Waals surface area (Å²) < 4.78 is 13.2. The predicted octanol–water partition coefficient (Wildman–Crippen LogP) is 1.61. The van der Waals surface area contributed by atoms with Gasteiger partial charge in [-0.3, -0.25) is 0 Å². The van der Waals surface area contributed by atoms with Gasteiger partial charge in [0, 0.05) is 5.56 Å². The fraction of sp³-hybridized carbons (Fsp3) is 0.500. The van der Waals surface area contributed by atoms with E-state index >= 15 is 0 Å². The molecule has 0 unspecified atom stereocenters. The van der Waals surface area contributed by atoms with E-state index in [0.717, 1.165) is 28.9 Å². The summed E-state index contributed by atoms with van der Waals surface area (Å²) in [4.78, 5) is 0. The fourth-order valence-electron chi connectivity index (χ4n) is 2.52. The summed E-state index contributed by atoms with van der Waals surface area (Å²) in [5, 5.41) is 13.9. The minimum absolute atomic E-state index is 0.0416. The molecule has 102 valence electrons. The Balaban J connectivity index is 2.22. The molecule has 1 fully saturated rings. The van der Waals surface area contributed by atoms with Crippen molar-refractivity contribution in [3.63, 3.8) is 0 Å². The third-order valence-electron chi connectivity index (χ3n) is 3.60. The molecular weight excluding hydrogens is 244 g/mol. The van der Waals surface area contributed by atoms with Gasteiger partial charge in [0.2, 0.25) is 0 Å². The van der Waals surface area contributed by atoms with Gasteiger partial charge >= 0.3 is 0 Å². The van der Waals surface area contributed by atoms with Gasteiger partial charge in [0.05, 0.1) is 36.7 Å². The van der Waals surface area contributed by atoms with E-state index in [4.69, 9.17) is 9.47 Å². The minimum atomic E-state index is -0.722. The van der Waals surface area contributed by atoms with Gasteiger partial charge < -0.3 is 14.6 Å². The molecule has 3 heterocycles. The maximum absolute atomic E-state index is 9.41. The summed E-state index contributed by atoms with van der Waals surface area (Å²) in [5.41, 5.74) is 3.64. The quantitative estimate of drug-likeness (QED) is 0.913. The number of rotatable bonds is 3. The molecule has 2 aromatic rings. The van der Waals surface area contributed by atoms with Crippen molar-refractivity contribution in [2.24, 2.45) is 0 Å². The van der Waals surface area contributed by atoms with Crippen molar-refractivity contribution < 1.29 is 14.6 Å². The first kappa shape index (κ1) is 12.6. The summed E-state index contributed by atoms with van der Waals surface area (Å²) in [5.74, 6) is -0.722. The number of hydrogen-bond acceptors (Lipinski definition) is 4. The maximum Gasteiger partial charge on any atom is 0.194 e. The second kappa shape index (κ2) is 4.59. The van der Waals surface area contributed by atoms with Crippen LogP contribution in [0.1, 0.15) is 30.8 Å². The Labute approximate surface area is 111 Å². The Kier molecular flexibility index (Phi) is 3.05. The van der Waals surface area contributed by atoms with Gasteiger partial charge in [0.15, 0.2) is 5.79 Å². The van der Waals surface area contributed by atoms with Gasteiger partial charge in [0.1, 0.15) is 0 Å². The summed E-state index contributed by atoms with van der Waals surface area (Å²) >= 11 is 0. The zero-order valence-corrected chi connectivity index (χ0v) is 11.2. The van der Waals surface area contributed by atoms with Crippen molar-refractivity contribution in [2.45, 2.75) is 32.7 Å². The van der Waals surface area contributed by atoms with Crippen LogP contribution >= 0.6 is 0 Å². The number of aryl methyl sites for hydroxylation is 1. The topological polar surface area (TPSA) is 56.0 Å². The maximum atomic E-state index is 9.41. The molecule has 1 aliphatic rings. The van der Waals surface area contributed by atoms with Crippen molar-refractivity contribution in [1.29, 1.82) is 0 Å². The van der Waals surface area contributed by atoms with Crippen LogP contribution in [0, 0.1) is 0 Å². The van der Waals surface area contributed by atoms with Gasteiger partial charge in [-0.25, -0.2) is 4.52 Å². The first-order valence-electron chi connectivity index (χ1n) is 6.57. The standard InChI is InChI=1S/C14H18N2O3/c1-3-10-8-13-12(14(2)18-6-7-19-14)5-4-11(9-17)16(13)15-10/h4-5,8,17H,3,6-7,9H2,1-2H3. The lowest BCUT2D eigenvalue weighted by Gasteiger charge is -2.23. The normalized spacial score (nSPS) is 18.3. The zero-order chi connectivity index (χ0) is 13.5. The van der Waals surface area contributed by atoms with Gasteiger partial charge in [-0.1, -0.05) is 6.92 Å². The molecule has 0 aliphatic carbocycles. The lowest BCUT2D eigenvalue weighted by Crippen LogP contribution is -2.23. The highest BCUT2D eigenvalue weighted by atomic mass is 16.7. The second-order valence-corrected chi connectivity index (χ2v) is 4.83.